The molecule has 0 aliphatic heterocycles. The van der Waals surface area contributed by atoms with Crippen LogP contribution < -0.4 is 10.6 Å². The second-order valence-electron chi connectivity index (χ2n) is 3.12. The van der Waals surface area contributed by atoms with Crippen LogP contribution >= 0.6 is 35.3 Å². The van der Waals surface area contributed by atoms with Crippen LogP contribution in [0.1, 0.15) is 10.7 Å². The molecule has 104 valence electrons. The van der Waals surface area contributed by atoms with Gasteiger partial charge in [-0.2, -0.15) is 13.2 Å². The molecule has 1 aromatic rings. The average molecular weight is 394 g/mol. The Labute approximate surface area is 124 Å². The third-order valence-corrected chi connectivity index (χ3v) is 2.84. The number of alkyl halides is 3. The summed E-state index contributed by atoms with van der Waals surface area (Å²) in [7, 11) is 3.32. The van der Waals surface area contributed by atoms with E-state index in [0.717, 1.165) is 16.7 Å². The van der Waals surface area contributed by atoms with E-state index < -0.39 is 11.9 Å². The van der Waals surface area contributed by atoms with E-state index in [0.29, 0.717) is 23.9 Å². The quantitative estimate of drug-likeness (QED) is 0.469. The van der Waals surface area contributed by atoms with Crippen molar-refractivity contribution in [2.75, 3.05) is 20.6 Å². The van der Waals surface area contributed by atoms with Crippen molar-refractivity contribution >= 4 is 41.3 Å². The van der Waals surface area contributed by atoms with Gasteiger partial charge < -0.3 is 10.6 Å². The van der Waals surface area contributed by atoms with Crippen LogP contribution in [0.15, 0.2) is 10.4 Å². The van der Waals surface area contributed by atoms with Gasteiger partial charge in [0.25, 0.3) is 0 Å². The Kier molecular flexibility index (Phi) is 7.52. The van der Waals surface area contributed by atoms with Crippen molar-refractivity contribution in [3.63, 3.8) is 0 Å². The molecule has 0 bridgehead atoms. The maximum Gasteiger partial charge on any atom is 0.434 e. The molecule has 0 aromatic carbocycles. The lowest BCUT2D eigenvalue weighted by molar-refractivity contribution is -0.140. The lowest BCUT2D eigenvalue weighted by Crippen LogP contribution is -2.35. The van der Waals surface area contributed by atoms with Crippen LogP contribution in [-0.2, 0) is 12.6 Å². The standard InChI is InChI=1S/C9H13F3N4S.HI/c1-13-8(14-2)15-4-3-7-16-6(5-17-7)9(10,11)12;/h5H,3-4H2,1-2H3,(H2,13,14,15);1H. The highest BCUT2D eigenvalue weighted by molar-refractivity contribution is 14.0. The van der Waals surface area contributed by atoms with Gasteiger partial charge in [0.05, 0.1) is 5.01 Å². The molecule has 0 aliphatic rings. The van der Waals surface area contributed by atoms with Gasteiger partial charge in [-0.05, 0) is 0 Å². The number of guanidine groups is 1. The molecule has 4 nitrogen and oxygen atoms in total. The fourth-order valence-corrected chi connectivity index (χ4v) is 1.93. The van der Waals surface area contributed by atoms with Gasteiger partial charge in [-0.25, -0.2) is 4.98 Å². The van der Waals surface area contributed by atoms with E-state index in [-0.39, 0.29) is 24.0 Å². The fourth-order valence-electron chi connectivity index (χ4n) is 1.12. The minimum atomic E-state index is -4.36. The summed E-state index contributed by atoms with van der Waals surface area (Å²) in [6.45, 7) is 0.484. The van der Waals surface area contributed by atoms with E-state index in [4.69, 9.17) is 0 Å². The summed E-state index contributed by atoms with van der Waals surface area (Å²) in [4.78, 5) is 7.40. The lowest BCUT2D eigenvalue weighted by atomic mass is 10.4. The van der Waals surface area contributed by atoms with Crippen molar-refractivity contribution < 1.29 is 13.2 Å². The summed E-state index contributed by atoms with van der Waals surface area (Å²) in [6.07, 6.45) is -3.93. The van der Waals surface area contributed by atoms with Gasteiger partial charge in [-0.1, -0.05) is 0 Å². The summed E-state index contributed by atoms with van der Waals surface area (Å²) in [5, 5.41) is 7.23. The molecule has 0 atom stereocenters. The third-order valence-electron chi connectivity index (χ3n) is 1.93. The summed E-state index contributed by atoms with van der Waals surface area (Å²) in [6, 6.07) is 0. The van der Waals surface area contributed by atoms with Crippen LogP contribution in [-0.4, -0.2) is 31.6 Å². The highest BCUT2D eigenvalue weighted by Crippen LogP contribution is 2.29. The van der Waals surface area contributed by atoms with Crippen LogP contribution in [0.3, 0.4) is 0 Å². The number of thiazole rings is 1. The van der Waals surface area contributed by atoms with E-state index in [1.165, 1.54) is 0 Å². The summed E-state index contributed by atoms with van der Waals surface area (Å²) >= 11 is 1.01. The van der Waals surface area contributed by atoms with Crippen molar-refractivity contribution in [2.45, 2.75) is 12.6 Å². The van der Waals surface area contributed by atoms with Crippen LogP contribution in [0.5, 0.6) is 0 Å². The van der Waals surface area contributed by atoms with Gasteiger partial charge in [0.1, 0.15) is 0 Å². The number of hydrogen-bond donors (Lipinski definition) is 2. The van der Waals surface area contributed by atoms with E-state index in [2.05, 4.69) is 20.6 Å². The van der Waals surface area contributed by atoms with E-state index in [1.807, 2.05) is 0 Å². The number of halogens is 4. The minimum absolute atomic E-state index is 0. The molecule has 9 heteroatoms. The smallest absolute Gasteiger partial charge is 0.359 e. The Bertz CT molecular complexity index is 391. The summed E-state index contributed by atoms with van der Waals surface area (Å²) in [5.41, 5.74) is -0.824. The first-order valence-corrected chi connectivity index (χ1v) is 5.75. The first kappa shape index (κ1) is 17.4. The number of nitrogens with one attached hydrogen (secondary N) is 2. The number of rotatable bonds is 3. The van der Waals surface area contributed by atoms with Crippen molar-refractivity contribution in [3.8, 4) is 0 Å². The van der Waals surface area contributed by atoms with Crippen molar-refractivity contribution in [1.82, 2.24) is 15.6 Å². The second kappa shape index (κ2) is 7.77. The molecule has 2 N–H and O–H groups in total. The van der Waals surface area contributed by atoms with Gasteiger partial charge in [0.15, 0.2) is 11.7 Å². The van der Waals surface area contributed by atoms with Gasteiger partial charge in [-0.15, -0.1) is 35.3 Å². The predicted octanol–water partition coefficient (Wildman–Crippen LogP) is 2.12. The largest absolute Gasteiger partial charge is 0.434 e. The number of nitrogens with zero attached hydrogens (tertiary/aromatic N) is 2. The van der Waals surface area contributed by atoms with Crippen LogP contribution in [0, 0.1) is 0 Å². The van der Waals surface area contributed by atoms with Crippen molar-refractivity contribution in [1.29, 1.82) is 0 Å². The molecule has 0 saturated heterocycles. The highest BCUT2D eigenvalue weighted by Gasteiger charge is 2.33. The summed E-state index contributed by atoms with van der Waals surface area (Å²) < 4.78 is 36.8. The SMILES string of the molecule is CN=C(NC)NCCc1nc(C(F)(F)F)cs1.I. The fraction of sp³-hybridized carbons (Fsp3) is 0.556. The maximum atomic E-state index is 12.3. The zero-order valence-electron chi connectivity index (χ0n) is 9.84. The first-order chi connectivity index (χ1) is 7.97. The predicted molar refractivity (Wildman–Crippen MR) is 76.7 cm³/mol. The zero-order chi connectivity index (χ0) is 12.9. The monoisotopic (exact) mass is 394 g/mol. The van der Waals surface area contributed by atoms with E-state index >= 15 is 0 Å². The molecule has 0 radical (unpaired) electrons. The Balaban J connectivity index is 0.00000289. The Morgan fingerprint density at radius 3 is 2.61 bits per heavy atom. The molecule has 1 aromatic heterocycles. The normalized spacial score (nSPS) is 11.9. The number of aromatic nitrogens is 1. The minimum Gasteiger partial charge on any atom is -0.359 e. The van der Waals surface area contributed by atoms with Gasteiger partial charge in [0, 0.05) is 32.4 Å². The second-order valence-corrected chi connectivity index (χ2v) is 4.07. The summed E-state index contributed by atoms with van der Waals surface area (Å²) in [5.74, 6) is 0.595. The Hall–Kier alpha value is -0.580. The number of aliphatic imine (C=N–C) groups is 1. The topological polar surface area (TPSA) is 49.3 Å². The Morgan fingerprint density at radius 1 is 1.50 bits per heavy atom. The van der Waals surface area contributed by atoms with Gasteiger partial charge >= 0.3 is 6.18 Å². The van der Waals surface area contributed by atoms with Crippen molar-refractivity contribution in [3.05, 3.63) is 16.1 Å². The molecule has 0 fully saturated rings. The van der Waals surface area contributed by atoms with Crippen LogP contribution in [0.25, 0.3) is 0 Å². The third kappa shape index (κ3) is 5.38. The van der Waals surface area contributed by atoms with Gasteiger partial charge in [0.2, 0.25) is 0 Å². The average Bonchev–Trinajstić information content (AvgIpc) is 2.73. The molecule has 1 rings (SSSR count). The number of hydrogen-bond acceptors (Lipinski definition) is 3. The van der Waals surface area contributed by atoms with E-state index in [9.17, 15) is 13.2 Å². The van der Waals surface area contributed by atoms with E-state index in [1.54, 1.807) is 14.1 Å². The molecule has 18 heavy (non-hydrogen) atoms. The van der Waals surface area contributed by atoms with Crippen LogP contribution in [0.4, 0.5) is 13.2 Å². The molecule has 0 saturated carbocycles. The molecule has 0 spiro atoms. The molecular weight excluding hydrogens is 380 g/mol. The van der Waals surface area contributed by atoms with Crippen molar-refractivity contribution in [2.24, 2.45) is 4.99 Å². The molecule has 0 aliphatic carbocycles. The molecule has 0 unspecified atom stereocenters. The van der Waals surface area contributed by atoms with Gasteiger partial charge in [-0.3, -0.25) is 4.99 Å². The lowest BCUT2D eigenvalue weighted by Gasteiger charge is -2.06. The Morgan fingerprint density at radius 2 is 2.17 bits per heavy atom. The first-order valence-electron chi connectivity index (χ1n) is 4.87. The molecular formula is C9H14F3IN4S. The highest BCUT2D eigenvalue weighted by atomic mass is 127. The zero-order valence-corrected chi connectivity index (χ0v) is 13.0. The molecule has 1 heterocycles. The maximum absolute atomic E-state index is 12.3. The van der Waals surface area contributed by atoms with Crippen LogP contribution in [0.2, 0.25) is 0 Å². The molecule has 0 amide bonds.